The van der Waals surface area contributed by atoms with Crippen LogP contribution in [0.15, 0.2) is 34.7 Å². The summed E-state index contributed by atoms with van der Waals surface area (Å²) in [4.78, 5) is 12.1. The number of carbonyl (C=O) groups is 1. The SMILES string of the molecule is CS(=O)(=O)NCc1ccc(C(=O)NCc2ccc3c(c2)CNC3)o1. The van der Waals surface area contributed by atoms with Gasteiger partial charge in [-0.1, -0.05) is 18.2 Å². The molecule has 24 heavy (non-hydrogen) atoms. The van der Waals surface area contributed by atoms with Gasteiger partial charge in [-0.2, -0.15) is 0 Å². The molecule has 0 fully saturated rings. The minimum Gasteiger partial charge on any atom is -0.455 e. The van der Waals surface area contributed by atoms with Crippen molar-refractivity contribution in [2.24, 2.45) is 0 Å². The molecule has 2 aromatic rings. The Morgan fingerprint density at radius 2 is 1.96 bits per heavy atom. The first-order valence-corrected chi connectivity index (χ1v) is 9.43. The molecule has 1 amide bonds. The number of hydrogen-bond acceptors (Lipinski definition) is 5. The Hall–Kier alpha value is -2.16. The van der Waals surface area contributed by atoms with Crippen LogP contribution in [0.1, 0.15) is 33.0 Å². The summed E-state index contributed by atoms with van der Waals surface area (Å²) in [6.07, 6.45) is 1.07. The molecule has 0 bridgehead atoms. The number of nitrogens with one attached hydrogen (secondary N) is 3. The second kappa shape index (κ2) is 6.76. The molecule has 0 atom stereocenters. The fraction of sp³-hybridized carbons (Fsp3) is 0.312. The van der Waals surface area contributed by atoms with Crippen molar-refractivity contribution in [2.45, 2.75) is 26.2 Å². The van der Waals surface area contributed by atoms with Crippen molar-refractivity contribution in [1.29, 1.82) is 0 Å². The summed E-state index contributed by atoms with van der Waals surface area (Å²) in [5.74, 6) is 0.205. The van der Waals surface area contributed by atoms with E-state index in [1.54, 1.807) is 6.07 Å². The average Bonchev–Trinajstić information content (AvgIpc) is 3.18. The fourth-order valence-corrected chi connectivity index (χ4v) is 2.93. The van der Waals surface area contributed by atoms with E-state index in [0.29, 0.717) is 12.3 Å². The Morgan fingerprint density at radius 3 is 2.75 bits per heavy atom. The van der Waals surface area contributed by atoms with Crippen molar-refractivity contribution in [3.8, 4) is 0 Å². The Kier molecular flexibility index (Phi) is 4.70. The maximum Gasteiger partial charge on any atom is 0.287 e. The first-order valence-electron chi connectivity index (χ1n) is 7.54. The second-order valence-corrected chi connectivity index (χ2v) is 7.58. The molecule has 8 heteroatoms. The molecule has 128 valence electrons. The highest BCUT2D eigenvalue weighted by molar-refractivity contribution is 7.88. The summed E-state index contributed by atoms with van der Waals surface area (Å²) >= 11 is 0. The maximum atomic E-state index is 12.1. The lowest BCUT2D eigenvalue weighted by molar-refractivity contribution is 0.0921. The number of hydrogen-bond donors (Lipinski definition) is 3. The van der Waals surface area contributed by atoms with Crippen LogP contribution in [-0.4, -0.2) is 20.6 Å². The number of benzene rings is 1. The lowest BCUT2D eigenvalue weighted by atomic mass is 10.1. The lowest BCUT2D eigenvalue weighted by Crippen LogP contribution is -2.22. The van der Waals surface area contributed by atoms with Gasteiger partial charge >= 0.3 is 0 Å². The molecule has 3 rings (SSSR count). The van der Waals surface area contributed by atoms with E-state index < -0.39 is 10.0 Å². The zero-order chi connectivity index (χ0) is 17.2. The second-order valence-electron chi connectivity index (χ2n) is 5.75. The van der Waals surface area contributed by atoms with Crippen molar-refractivity contribution in [3.05, 3.63) is 58.5 Å². The summed E-state index contributed by atoms with van der Waals surface area (Å²) in [6.45, 7) is 2.17. The summed E-state index contributed by atoms with van der Waals surface area (Å²) < 4.78 is 29.8. The van der Waals surface area contributed by atoms with Gasteiger partial charge < -0.3 is 15.1 Å². The summed E-state index contributed by atoms with van der Waals surface area (Å²) in [6, 6.07) is 9.25. The van der Waals surface area contributed by atoms with Crippen LogP contribution < -0.4 is 15.4 Å². The molecule has 0 saturated heterocycles. The van der Waals surface area contributed by atoms with Gasteiger partial charge in [-0.15, -0.1) is 0 Å². The van der Waals surface area contributed by atoms with Gasteiger partial charge in [0, 0.05) is 19.6 Å². The van der Waals surface area contributed by atoms with Crippen molar-refractivity contribution in [3.63, 3.8) is 0 Å². The van der Waals surface area contributed by atoms with Gasteiger partial charge in [0.25, 0.3) is 5.91 Å². The number of sulfonamides is 1. The number of fused-ring (bicyclic) bond motifs is 1. The molecular formula is C16H19N3O4S. The number of carbonyl (C=O) groups excluding carboxylic acids is 1. The smallest absolute Gasteiger partial charge is 0.287 e. The quantitative estimate of drug-likeness (QED) is 0.718. The highest BCUT2D eigenvalue weighted by Crippen LogP contribution is 2.17. The third-order valence-corrected chi connectivity index (χ3v) is 4.42. The van der Waals surface area contributed by atoms with Gasteiger partial charge in [0.1, 0.15) is 5.76 Å². The van der Waals surface area contributed by atoms with E-state index in [1.165, 1.54) is 17.2 Å². The highest BCUT2D eigenvalue weighted by Gasteiger charge is 2.13. The predicted molar refractivity (Wildman–Crippen MR) is 88.5 cm³/mol. The van der Waals surface area contributed by atoms with E-state index in [2.05, 4.69) is 27.5 Å². The molecule has 0 aliphatic carbocycles. The average molecular weight is 349 g/mol. The molecule has 0 saturated carbocycles. The fourth-order valence-electron chi connectivity index (χ4n) is 2.52. The Bertz CT molecular complexity index is 858. The monoisotopic (exact) mass is 349 g/mol. The van der Waals surface area contributed by atoms with Gasteiger partial charge in [-0.25, -0.2) is 13.1 Å². The highest BCUT2D eigenvalue weighted by atomic mass is 32.2. The van der Waals surface area contributed by atoms with Crippen LogP contribution in [0.5, 0.6) is 0 Å². The molecule has 3 N–H and O–H groups in total. The van der Waals surface area contributed by atoms with Crippen LogP contribution in [0.2, 0.25) is 0 Å². The van der Waals surface area contributed by atoms with Crippen LogP contribution in [0.4, 0.5) is 0 Å². The molecule has 2 heterocycles. The number of amides is 1. The molecule has 1 aromatic carbocycles. The van der Waals surface area contributed by atoms with E-state index in [9.17, 15) is 13.2 Å². The topological polar surface area (TPSA) is 100 Å². The van der Waals surface area contributed by atoms with Gasteiger partial charge in [0.05, 0.1) is 12.8 Å². The first-order chi connectivity index (χ1) is 11.4. The summed E-state index contributed by atoms with van der Waals surface area (Å²) in [5.41, 5.74) is 3.57. The molecule has 1 aromatic heterocycles. The molecule has 0 spiro atoms. The Morgan fingerprint density at radius 1 is 1.17 bits per heavy atom. The summed E-state index contributed by atoms with van der Waals surface area (Å²) in [5, 5.41) is 6.08. The van der Waals surface area contributed by atoms with E-state index >= 15 is 0 Å². The number of furan rings is 1. The standard InChI is InChI=1S/C16H19N3O4S/c1-24(21,22)19-10-14-4-5-15(23-14)16(20)18-7-11-2-3-12-8-17-9-13(12)6-11/h2-6,17,19H,7-10H2,1H3,(H,18,20). The van der Waals surface area contributed by atoms with E-state index in [-0.39, 0.29) is 18.2 Å². The van der Waals surface area contributed by atoms with Crippen LogP contribution in [0, 0.1) is 0 Å². The van der Waals surface area contributed by atoms with Gasteiger partial charge in [-0.05, 0) is 28.8 Å². The molecule has 1 aliphatic heterocycles. The zero-order valence-electron chi connectivity index (χ0n) is 13.3. The third-order valence-electron chi connectivity index (χ3n) is 3.75. The molecule has 0 radical (unpaired) electrons. The van der Waals surface area contributed by atoms with Gasteiger partial charge in [-0.3, -0.25) is 4.79 Å². The van der Waals surface area contributed by atoms with Crippen LogP contribution in [-0.2, 0) is 36.2 Å². The molecular weight excluding hydrogens is 330 g/mol. The van der Waals surface area contributed by atoms with Crippen LogP contribution in [0.3, 0.4) is 0 Å². The minimum absolute atomic E-state index is 0.0178. The Balaban J connectivity index is 1.56. The van der Waals surface area contributed by atoms with E-state index in [1.807, 2.05) is 6.07 Å². The summed E-state index contributed by atoms with van der Waals surface area (Å²) in [7, 11) is -3.30. The van der Waals surface area contributed by atoms with Crippen molar-refractivity contribution in [1.82, 2.24) is 15.4 Å². The van der Waals surface area contributed by atoms with E-state index in [0.717, 1.165) is 24.9 Å². The minimum atomic E-state index is -3.30. The van der Waals surface area contributed by atoms with Crippen LogP contribution in [0.25, 0.3) is 0 Å². The molecule has 0 unspecified atom stereocenters. The third kappa shape index (κ3) is 4.22. The molecule has 7 nitrogen and oxygen atoms in total. The first kappa shape index (κ1) is 16.7. The lowest BCUT2D eigenvalue weighted by Gasteiger charge is -2.06. The van der Waals surface area contributed by atoms with Gasteiger partial charge in [0.15, 0.2) is 5.76 Å². The predicted octanol–water partition coefficient (Wildman–Crippen LogP) is 0.862. The van der Waals surface area contributed by atoms with Crippen molar-refractivity contribution < 1.29 is 17.6 Å². The largest absolute Gasteiger partial charge is 0.455 e. The van der Waals surface area contributed by atoms with Crippen molar-refractivity contribution >= 4 is 15.9 Å². The maximum absolute atomic E-state index is 12.1. The van der Waals surface area contributed by atoms with Crippen molar-refractivity contribution in [2.75, 3.05) is 6.26 Å². The van der Waals surface area contributed by atoms with Crippen LogP contribution >= 0.6 is 0 Å². The normalized spacial score (nSPS) is 13.7. The Labute approximate surface area is 140 Å². The zero-order valence-corrected chi connectivity index (χ0v) is 14.1. The number of rotatable bonds is 6. The molecule has 1 aliphatic rings. The van der Waals surface area contributed by atoms with Gasteiger partial charge in [0.2, 0.25) is 10.0 Å². The van der Waals surface area contributed by atoms with E-state index in [4.69, 9.17) is 4.42 Å².